The maximum atomic E-state index is 13.3. The minimum atomic E-state index is -0.616. The fourth-order valence-corrected chi connectivity index (χ4v) is 5.05. The number of fused-ring (bicyclic) bond motifs is 1. The number of hydrogen-bond donors (Lipinski definition) is 2. The third-order valence-electron chi connectivity index (χ3n) is 5.37. The number of carbonyl (C=O) groups excluding carboxylic acids is 1. The van der Waals surface area contributed by atoms with Gasteiger partial charge in [0.2, 0.25) is 11.1 Å². The van der Waals surface area contributed by atoms with Crippen LogP contribution >= 0.6 is 23.4 Å². The van der Waals surface area contributed by atoms with Crippen molar-refractivity contribution in [3.8, 4) is 17.1 Å². The minimum absolute atomic E-state index is 0.267. The smallest absolute Gasteiger partial charge is 0.240 e. The lowest BCUT2D eigenvalue weighted by Gasteiger charge is -2.33. The van der Waals surface area contributed by atoms with Crippen molar-refractivity contribution in [1.82, 2.24) is 14.9 Å². The number of nitrogens with one attached hydrogen (secondary N) is 2. The molecular formula is C24H19ClFN5O2S. The van der Waals surface area contributed by atoms with Gasteiger partial charge in [-0.1, -0.05) is 59.8 Å². The summed E-state index contributed by atoms with van der Waals surface area (Å²) in [6, 6.07) is 20.2. The van der Waals surface area contributed by atoms with Crippen LogP contribution in [0.5, 0.6) is 5.75 Å². The van der Waals surface area contributed by atoms with Crippen LogP contribution in [0, 0.1) is 5.82 Å². The Labute approximate surface area is 204 Å². The van der Waals surface area contributed by atoms with Gasteiger partial charge in [0.05, 0.1) is 18.2 Å². The summed E-state index contributed by atoms with van der Waals surface area (Å²) >= 11 is 7.69. The highest BCUT2D eigenvalue weighted by Gasteiger charge is 2.38. The second kappa shape index (κ2) is 9.36. The molecule has 0 radical (unpaired) electrons. The van der Waals surface area contributed by atoms with E-state index in [4.69, 9.17) is 16.3 Å². The second-order valence-electron chi connectivity index (χ2n) is 7.54. The van der Waals surface area contributed by atoms with Crippen LogP contribution in [-0.4, -0.2) is 33.1 Å². The molecular weight excluding hydrogens is 477 g/mol. The number of aromatic nitrogens is 3. The van der Waals surface area contributed by atoms with Gasteiger partial charge in [0.15, 0.2) is 5.82 Å². The highest BCUT2D eigenvalue weighted by molar-refractivity contribution is 8.00. The molecule has 4 aromatic rings. The highest BCUT2D eigenvalue weighted by Crippen LogP contribution is 2.40. The summed E-state index contributed by atoms with van der Waals surface area (Å²) in [5.74, 6) is 0.525. The fourth-order valence-electron chi connectivity index (χ4n) is 3.70. The number of nitrogens with zero attached hydrogens (tertiary/aromatic N) is 3. The molecule has 2 heterocycles. The monoisotopic (exact) mass is 495 g/mol. The summed E-state index contributed by atoms with van der Waals surface area (Å²) in [7, 11) is 1.55. The molecule has 10 heteroatoms. The molecule has 2 unspecified atom stereocenters. The number of ether oxygens (including phenoxy) is 1. The Hall–Kier alpha value is -3.56. The maximum absolute atomic E-state index is 13.3. The Morgan fingerprint density at radius 1 is 1.12 bits per heavy atom. The summed E-state index contributed by atoms with van der Waals surface area (Å²) in [5, 5.41) is 11.9. The molecule has 0 aliphatic carbocycles. The molecule has 3 aromatic carbocycles. The number of carbonyl (C=O) groups is 1. The first-order valence-corrected chi connectivity index (χ1v) is 11.6. The zero-order valence-corrected chi connectivity index (χ0v) is 19.5. The number of rotatable bonds is 5. The van der Waals surface area contributed by atoms with Crippen molar-refractivity contribution in [2.75, 3.05) is 17.9 Å². The molecule has 7 nitrogen and oxygen atoms in total. The summed E-state index contributed by atoms with van der Waals surface area (Å²) in [6.07, 6.45) is 0. The Balaban J connectivity index is 1.52. The van der Waals surface area contributed by atoms with Gasteiger partial charge in [-0.05, 0) is 42.0 Å². The predicted molar refractivity (Wildman–Crippen MR) is 130 cm³/mol. The van der Waals surface area contributed by atoms with Crippen LogP contribution in [0.4, 0.5) is 10.1 Å². The molecule has 2 N–H and O–H groups in total. The molecule has 0 saturated heterocycles. The molecule has 1 aromatic heterocycles. The Morgan fingerprint density at radius 2 is 1.88 bits per heavy atom. The van der Waals surface area contributed by atoms with Crippen LogP contribution in [0.1, 0.15) is 11.6 Å². The van der Waals surface area contributed by atoms with Crippen molar-refractivity contribution in [2.24, 2.45) is 0 Å². The van der Waals surface area contributed by atoms with Gasteiger partial charge in [0.25, 0.3) is 0 Å². The van der Waals surface area contributed by atoms with E-state index in [0.717, 1.165) is 11.1 Å². The van der Waals surface area contributed by atoms with Crippen LogP contribution in [0.25, 0.3) is 11.4 Å². The van der Waals surface area contributed by atoms with E-state index in [2.05, 4.69) is 20.9 Å². The lowest BCUT2D eigenvalue weighted by Crippen LogP contribution is -2.41. The number of methoxy groups -OCH3 is 1. The zero-order chi connectivity index (χ0) is 23.7. The molecule has 172 valence electrons. The molecule has 2 atom stereocenters. The zero-order valence-electron chi connectivity index (χ0n) is 17.9. The molecule has 0 bridgehead atoms. The number of hydrogen-bond acceptors (Lipinski definition) is 6. The van der Waals surface area contributed by atoms with Gasteiger partial charge < -0.3 is 15.5 Å². The third-order valence-corrected chi connectivity index (χ3v) is 6.88. The predicted octanol–water partition coefficient (Wildman–Crippen LogP) is 5.14. The average Bonchev–Trinajstić information content (AvgIpc) is 3.28. The molecule has 5 rings (SSSR count). The Kier molecular flexibility index (Phi) is 6.12. The van der Waals surface area contributed by atoms with E-state index in [-0.39, 0.29) is 11.7 Å². The lowest BCUT2D eigenvalue weighted by molar-refractivity contribution is -0.116. The molecule has 34 heavy (non-hydrogen) atoms. The SMILES string of the molecule is COc1ccc(C2Nn3c(nnc3-c3ccccc3)SC2C(=O)Nc2ccc(F)cc2)cc1Cl. The van der Waals surface area contributed by atoms with Crippen LogP contribution in [0.2, 0.25) is 5.02 Å². The first kappa shape index (κ1) is 22.2. The van der Waals surface area contributed by atoms with Crippen LogP contribution in [-0.2, 0) is 4.79 Å². The first-order valence-electron chi connectivity index (χ1n) is 10.4. The van der Waals surface area contributed by atoms with Gasteiger partial charge in [0.1, 0.15) is 16.8 Å². The maximum Gasteiger partial charge on any atom is 0.240 e. The largest absolute Gasteiger partial charge is 0.495 e. The van der Waals surface area contributed by atoms with E-state index < -0.39 is 11.3 Å². The number of amides is 1. The van der Waals surface area contributed by atoms with Crippen LogP contribution in [0.3, 0.4) is 0 Å². The summed E-state index contributed by atoms with van der Waals surface area (Å²) in [4.78, 5) is 13.3. The highest BCUT2D eigenvalue weighted by atomic mass is 35.5. The average molecular weight is 496 g/mol. The Bertz CT molecular complexity index is 1330. The third kappa shape index (κ3) is 4.32. The number of halogens is 2. The first-order chi connectivity index (χ1) is 16.5. The number of anilines is 1. The lowest BCUT2D eigenvalue weighted by atomic mass is 10.0. The summed E-state index contributed by atoms with van der Waals surface area (Å²) in [5.41, 5.74) is 5.57. The van der Waals surface area contributed by atoms with E-state index in [1.807, 2.05) is 36.4 Å². The van der Waals surface area contributed by atoms with Crippen molar-refractivity contribution >= 4 is 35.0 Å². The molecule has 1 amide bonds. The minimum Gasteiger partial charge on any atom is -0.495 e. The van der Waals surface area contributed by atoms with Crippen molar-refractivity contribution < 1.29 is 13.9 Å². The fraction of sp³-hybridized carbons (Fsp3) is 0.125. The summed E-state index contributed by atoms with van der Waals surface area (Å²) in [6.45, 7) is 0. The quantitative estimate of drug-likeness (QED) is 0.399. The van der Waals surface area contributed by atoms with Crippen LogP contribution < -0.4 is 15.5 Å². The van der Waals surface area contributed by atoms with E-state index >= 15 is 0 Å². The van der Waals surface area contributed by atoms with Crippen molar-refractivity contribution in [3.05, 3.63) is 89.2 Å². The van der Waals surface area contributed by atoms with E-state index in [1.54, 1.807) is 23.9 Å². The van der Waals surface area contributed by atoms with Gasteiger partial charge in [-0.15, -0.1) is 10.2 Å². The second-order valence-corrected chi connectivity index (χ2v) is 9.06. The van der Waals surface area contributed by atoms with Crippen molar-refractivity contribution in [3.63, 3.8) is 0 Å². The van der Waals surface area contributed by atoms with Gasteiger partial charge >= 0.3 is 0 Å². The topological polar surface area (TPSA) is 81.1 Å². The van der Waals surface area contributed by atoms with Gasteiger partial charge in [-0.25, -0.2) is 9.07 Å². The number of thioether (sulfide) groups is 1. The van der Waals surface area contributed by atoms with Crippen molar-refractivity contribution in [1.29, 1.82) is 0 Å². The van der Waals surface area contributed by atoms with E-state index in [0.29, 0.717) is 27.4 Å². The molecule has 0 fully saturated rings. The van der Waals surface area contributed by atoms with Crippen LogP contribution in [0.15, 0.2) is 78.0 Å². The Morgan fingerprint density at radius 3 is 2.59 bits per heavy atom. The molecule has 1 aliphatic rings. The summed E-state index contributed by atoms with van der Waals surface area (Å²) < 4.78 is 20.4. The number of benzene rings is 3. The van der Waals surface area contributed by atoms with Gasteiger partial charge in [-0.2, -0.15) is 0 Å². The normalized spacial score (nSPS) is 16.9. The van der Waals surface area contributed by atoms with E-state index in [9.17, 15) is 9.18 Å². The molecule has 0 saturated carbocycles. The van der Waals surface area contributed by atoms with Gasteiger partial charge in [0, 0.05) is 11.3 Å². The standard InChI is InChI=1S/C24H19ClFN5O2S/c1-33-19-12-7-15(13-18(19)25)20-21(23(32)27-17-10-8-16(26)9-11-17)34-24-29-28-22(31(24)30-20)14-5-3-2-4-6-14/h2-13,20-21,30H,1H3,(H,27,32). The molecule has 1 aliphatic heterocycles. The van der Waals surface area contributed by atoms with Crippen molar-refractivity contribution in [2.45, 2.75) is 16.4 Å². The van der Waals surface area contributed by atoms with E-state index in [1.165, 1.54) is 36.0 Å². The molecule has 0 spiro atoms. The van der Waals surface area contributed by atoms with Gasteiger partial charge in [-0.3, -0.25) is 4.79 Å².